The lowest BCUT2D eigenvalue weighted by molar-refractivity contribution is 0.637. The van der Waals surface area contributed by atoms with Gasteiger partial charge in [0.2, 0.25) is 0 Å². The quantitative estimate of drug-likeness (QED) is 0.518. The average Bonchev–Trinajstić information content (AvgIpc) is 2.70. The Kier molecular flexibility index (Phi) is 12.0. The monoisotopic (exact) mass is 183 g/mol. The molecule has 79 valence electrons. The Morgan fingerprint density at radius 3 is 1.62 bits per heavy atom. The molecule has 0 bridgehead atoms. The Morgan fingerprint density at radius 2 is 1.23 bits per heavy atom. The third-order valence-electron chi connectivity index (χ3n) is 2.60. The molecule has 1 saturated carbocycles. The summed E-state index contributed by atoms with van der Waals surface area (Å²) in [6.45, 7) is 6.02. The molecule has 0 aromatic rings. The van der Waals surface area contributed by atoms with Crippen LogP contribution in [0.15, 0.2) is 0 Å². The Morgan fingerprint density at radius 1 is 0.769 bits per heavy atom. The summed E-state index contributed by atoms with van der Waals surface area (Å²) in [5, 5.41) is 0. The molecule has 13 heavy (non-hydrogen) atoms. The second kappa shape index (κ2) is 12.0. The van der Waals surface area contributed by atoms with Crippen molar-refractivity contribution in [3.63, 3.8) is 0 Å². The van der Waals surface area contributed by atoms with Crippen molar-refractivity contribution in [1.82, 2.24) is 0 Å². The summed E-state index contributed by atoms with van der Waals surface area (Å²) in [6.07, 6.45) is 15.5. The first-order chi connectivity index (χ1) is 6.41. The van der Waals surface area contributed by atoms with Crippen molar-refractivity contribution in [2.45, 2.75) is 77.6 Å². The lowest BCUT2D eigenvalue weighted by Crippen LogP contribution is -1.74. The highest BCUT2D eigenvalue weighted by Crippen LogP contribution is 2.15. The van der Waals surface area contributed by atoms with Crippen molar-refractivity contribution >= 4 is 0 Å². The molecule has 0 aromatic carbocycles. The molecule has 1 fully saturated rings. The lowest BCUT2D eigenvalue weighted by Gasteiger charge is -1.93. The fourth-order valence-corrected chi connectivity index (χ4v) is 1.66. The molecule has 1 aliphatic carbocycles. The minimum absolute atomic E-state index is 1.11. The van der Waals surface area contributed by atoms with E-state index in [2.05, 4.69) is 13.8 Å². The summed E-state index contributed by atoms with van der Waals surface area (Å²) >= 11 is 0. The zero-order valence-electron chi connectivity index (χ0n) is 9.49. The smallest absolute Gasteiger partial charge is 0.0533 e. The van der Waals surface area contributed by atoms with Crippen molar-refractivity contribution in [3.8, 4) is 0 Å². The number of hydrogen-bond donors (Lipinski definition) is 0. The fraction of sp³-hybridized carbons (Fsp3) is 0.923. The third kappa shape index (κ3) is 12.0. The van der Waals surface area contributed by atoms with Crippen LogP contribution in [0.3, 0.4) is 0 Å². The maximum Gasteiger partial charge on any atom is -0.0533 e. The van der Waals surface area contributed by atoms with Crippen molar-refractivity contribution in [3.05, 3.63) is 6.92 Å². The molecular formula is C13H27. The van der Waals surface area contributed by atoms with Crippen LogP contribution in [-0.2, 0) is 0 Å². The van der Waals surface area contributed by atoms with Gasteiger partial charge in [-0.1, -0.05) is 84.5 Å². The molecule has 1 aliphatic rings. The first-order valence-electron chi connectivity index (χ1n) is 6.21. The van der Waals surface area contributed by atoms with Crippen LogP contribution in [0.4, 0.5) is 0 Å². The van der Waals surface area contributed by atoms with E-state index in [-0.39, 0.29) is 0 Å². The van der Waals surface area contributed by atoms with Gasteiger partial charge in [-0.15, -0.1) is 0 Å². The Hall–Kier alpha value is 0. The molecule has 0 heterocycles. The van der Waals surface area contributed by atoms with Crippen LogP contribution in [-0.4, -0.2) is 0 Å². The Balaban J connectivity index is 0.000000243. The summed E-state index contributed by atoms with van der Waals surface area (Å²) in [6, 6.07) is 0. The Labute approximate surface area is 85.1 Å². The van der Waals surface area contributed by atoms with Gasteiger partial charge in [0.1, 0.15) is 0 Å². The van der Waals surface area contributed by atoms with Gasteiger partial charge in [0, 0.05) is 0 Å². The van der Waals surface area contributed by atoms with Crippen LogP contribution in [0.5, 0.6) is 0 Å². The summed E-state index contributed by atoms with van der Waals surface area (Å²) in [5.41, 5.74) is 0. The van der Waals surface area contributed by atoms with Crippen molar-refractivity contribution in [1.29, 1.82) is 0 Å². The van der Waals surface area contributed by atoms with Crippen LogP contribution in [0.1, 0.15) is 77.6 Å². The van der Waals surface area contributed by atoms with Gasteiger partial charge in [0.15, 0.2) is 0 Å². The van der Waals surface area contributed by atoms with Crippen LogP contribution in [0.25, 0.3) is 0 Å². The normalized spacial score (nSPS) is 15.2. The van der Waals surface area contributed by atoms with Crippen molar-refractivity contribution in [2.24, 2.45) is 0 Å². The largest absolute Gasteiger partial charge is 0.0654 e. The van der Waals surface area contributed by atoms with E-state index in [0.29, 0.717) is 0 Å². The highest BCUT2D eigenvalue weighted by Gasteiger charge is 1.95. The van der Waals surface area contributed by atoms with Gasteiger partial charge >= 0.3 is 0 Å². The molecule has 1 rings (SSSR count). The van der Waals surface area contributed by atoms with Crippen LogP contribution in [0.2, 0.25) is 0 Å². The molecule has 0 N–H and O–H groups in total. The lowest BCUT2D eigenvalue weighted by atomic mass is 10.1. The van der Waals surface area contributed by atoms with Gasteiger partial charge in [0.05, 0.1) is 0 Å². The second-order valence-corrected chi connectivity index (χ2v) is 4.04. The van der Waals surface area contributed by atoms with Crippen LogP contribution in [0, 0.1) is 6.92 Å². The minimum atomic E-state index is 1.11. The predicted octanol–water partition coefficient (Wildman–Crippen LogP) is 5.13. The SMILES string of the molecule is C1CCCC1.[CH2]CCCCCCC. The predicted molar refractivity (Wildman–Crippen MR) is 61.8 cm³/mol. The zero-order chi connectivity index (χ0) is 9.78. The van der Waals surface area contributed by atoms with Gasteiger partial charge < -0.3 is 0 Å². The fourth-order valence-electron chi connectivity index (χ4n) is 1.66. The molecule has 0 atom stereocenters. The van der Waals surface area contributed by atoms with Gasteiger partial charge in [-0.2, -0.15) is 0 Å². The van der Waals surface area contributed by atoms with E-state index in [0.717, 1.165) is 6.42 Å². The summed E-state index contributed by atoms with van der Waals surface area (Å²) in [7, 11) is 0. The molecule has 0 heteroatoms. The van der Waals surface area contributed by atoms with E-state index in [1.165, 1.54) is 64.2 Å². The molecular weight excluding hydrogens is 156 g/mol. The van der Waals surface area contributed by atoms with E-state index >= 15 is 0 Å². The molecule has 0 unspecified atom stereocenters. The number of unbranched alkanes of at least 4 members (excludes halogenated alkanes) is 5. The van der Waals surface area contributed by atoms with Gasteiger partial charge in [-0.05, 0) is 0 Å². The first kappa shape index (κ1) is 13.0. The maximum absolute atomic E-state index is 3.78. The van der Waals surface area contributed by atoms with Gasteiger partial charge in [-0.3, -0.25) is 0 Å². The van der Waals surface area contributed by atoms with E-state index < -0.39 is 0 Å². The number of hydrogen-bond acceptors (Lipinski definition) is 0. The standard InChI is InChI=1S/C8H17.C5H10/c1-3-5-7-8-6-4-2;1-2-4-5-3-1/h1,3-8H2,2H3;1-5H2. The highest BCUT2D eigenvalue weighted by molar-refractivity contribution is 4.51. The Bertz CT molecular complexity index is 58.5. The molecule has 1 radical (unpaired) electrons. The third-order valence-corrected chi connectivity index (χ3v) is 2.60. The molecule has 0 nitrogen and oxygen atoms in total. The molecule has 0 spiro atoms. The van der Waals surface area contributed by atoms with Gasteiger partial charge in [0.25, 0.3) is 0 Å². The van der Waals surface area contributed by atoms with Crippen molar-refractivity contribution in [2.75, 3.05) is 0 Å². The molecule has 0 aromatic heterocycles. The summed E-state index contributed by atoms with van der Waals surface area (Å²) in [5.74, 6) is 0. The second-order valence-electron chi connectivity index (χ2n) is 4.04. The molecule has 0 saturated heterocycles. The molecule has 0 aliphatic heterocycles. The van der Waals surface area contributed by atoms with E-state index in [1.807, 2.05) is 0 Å². The maximum atomic E-state index is 3.78. The van der Waals surface area contributed by atoms with E-state index in [4.69, 9.17) is 0 Å². The first-order valence-corrected chi connectivity index (χ1v) is 6.21. The molecule has 0 amide bonds. The summed E-state index contributed by atoms with van der Waals surface area (Å²) in [4.78, 5) is 0. The van der Waals surface area contributed by atoms with E-state index in [9.17, 15) is 0 Å². The highest BCUT2D eigenvalue weighted by atomic mass is 14.0. The van der Waals surface area contributed by atoms with Crippen molar-refractivity contribution < 1.29 is 0 Å². The topological polar surface area (TPSA) is 0 Å². The summed E-state index contributed by atoms with van der Waals surface area (Å²) < 4.78 is 0. The minimum Gasteiger partial charge on any atom is -0.0654 e. The number of rotatable bonds is 5. The van der Waals surface area contributed by atoms with E-state index in [1.54, 1.807) is 0 Å². The average molecular weight is 183 g/mol. The van der Waals surface area contributed by atoms with Crippen LogP contribution < -0.4 is 0 Å². The van der Waals surface area contributed by atoms with Gasteiger partial charge in [-0.25, -0.2) is 0 Å². The zero-order valence-corrected chi connectivity index (χ0v) is 9.49. The van der Waals surface area contributed by atoms with Crippen LogP contribution >= 0.6 is 0 Å².